The Bertz CT molecular complexity index is 219. The molecule has 0 fully saturated rings. The average molecular weight is 168 g/mol. The molecular weight excluding hydrogens is 156 g/mol. The molecule has 0 aliphatic carbocycles. The van der Waals surface area contributed by atoms with Crippen molar-refractivity contribution in [1.82, 2.24) is 4.98 Å². The second-order valence-electron chi connectivity index (χ2n) is 2.45. The van der Waals surface area contributed by atoms with Gasteiger partial charge in [0.15, 0.2) is 0 Å². The van der Waals surface area contributed by atoms with Gasteiger partial charge in [0, 0.05) is 19.5 Å². The van der Waals surface area contributed by atoms with Gasteiger partial charge in [0.2, 0.25) is 0 Å². The van der Waals surface area contributed by atoms with Gasteiger partial charge < -0.3 is 4.74 Å². The third-order valence-corrected chi connectivity index (χ3v) is 1.41. The van der Waals surface area contributed by atoms with Crippen LogP contribution in [0, 0.1) is 0 Å². The lowest BCUT2D eigenvalue weighted by atomic mass is 10.2. The first-order valence-electron chi connectivity index (χ1n) is 3.60. The van der Waals surface area contributed by atoms with Crippen LogP contribution in [0.2, 0.25) is 0 Å². The summed E-state index contributed by atoms with van der Waals surface area (Å²) in [6.45, 7) is 0.940. The molecule has 0 bridgehead atoms. The monoisotopic (exact) mass is 168 g/mol. The van der Waals surface area contributed by atoms with Crippen molar-refractivity contribution in [3.8, 4) is 0 Å². The molecule has 0 atom stereocenters. The maximum absolute atomic E-state index is 4.95. The molecule has 66 valence electrons. The van der Waals surface area contributed by atoms with E-state index in [4.69, 9.17) is 10.6 Å². The lowest BCUT2D eigenvalue weighted by Crippen LogP contribution is -2.00. The molecule has 0 aliphatic heterocycles. The van der Waals surface area contributed by atoms with E-state index in [2.05, 4.69) is 9.82 Å². The van der Waals surface area contributed by atoms with Crippen LogP contribution in [0.25, 0.3) is 0 Å². The molecule has 2 N–H and O–H groups in total. The van der Waals surface area contributed by atoms with Gasteiger partial charge in [-0.25, -0.2) is 5.90 Å². The van der Waals surface area contributed by atoms with Crippen molar-refractivity contribution < 1.29 is 9.57 Å². The maximum Gasteiger partial charge on any atom is 0.0945 e. The van der Waals surface area contributed by atoms with Crippen molar-refractivity contribution in [2.75, 3.05) is 7.11 Å². The Hall–Kier alpha value is -0.970. The van der Waals surface area contributed by atoms with E-state index in [0.29, 0.717) is 13.2 Å². The molecule has 0 radical (unpaired) electrons. The Morgan fingerprint density at radius 1 is 1.33 bits per heavy atom. The molecule has 0 spiro atoms. The van der Waals surface area contributed by atoms with E-state index in [9.17, 15) is 0 Å². The first-order valence-corrected chi connectivity index (χ1v) is 3.60. The smallest absolute Gasteiger partial charge is 0.0945 e. The molecule has 1 heterocycles. The minimum Gasteiger partial charge on any atom is -0.380 e. The highest BCUT2D eigenvalue weighted by molar-refractivity contribution is 5.16. The number of ether oxygens (including phenoxy) is 1. The number of aromatic nitrogens is 1. The third kappa shape index (κ3) is 2.58. The van der Waals surface area contributed by atoms with E-state index in [1.165, 1.54) is 0 Å². The zero-order valence-corrected chi connectivity index (χ0v) is 6.99. The fourth-order valence-electron chi connectivity index (χ4n) is 0.962. The van der Waals surface area contributed by atoms with E-state index in [-0.39, 0.29) is 0 Å². The molecule has 4 heteroatoms. The summed E-state index contributed by atoms with van der Waals surface area (Å²) in [5.41, 5.74) is 1.97. The summed E-state index contributed by atoms with van der Waals surface area (Å²) in [5.74, 6) is 4.93. The number of nitrogens with two attached hydrogens (primary N) is 1. The van der Waals surface area contributed by atoms with E-state index in [1.807, 2.05) is 6.07 Å². The number of methoxy groups -OCH3 is 1. The quantitative estimate of drug-likeness (QED) is 0.669. The molecule has 0 aliphatic rings. The number of pyridine rings is 1. The Balaban J connectivity index is 2.67. The van der Waals surface area contributed by atoms with Crippen molar-refractivity contribution in [2.24, 2.45) is 5.90 Å². The summed E-state index contributed by atoms with van der Waals surface area (Å²) in [7, 11) is 1.64. The van der Waals surface area contributed by atoms with Gasteiger partial charge in [-0.05, 0) is 17.2 Å². The van der Waals surface area contributed by atoms with Crippen molar-refractivity contribution >= 4 is 0 Å². The fraction of sp³-hybridized carbons (Fsp3) is 0.375. The normalized spacial score (nSPS) is 10.2. The van der Waals surface area contributed by atoms with Gasteiger partial charge in [-0.2, -0.15) is 0 Å². The van der Waals surface area contributed by atoms with Crippen LogP contribution in [0.15, 0.2) is 18.5 Å². The van der Waals surface area contributed by atoms with Gasteiger partial charge in [-0.1, -0.05) is 0 Å². The van der Waals surface area contributed by atoms with Crippen molar-refractivity contribution in [3.63, 3.8) is 0 Å². The molecule has 0 aromatic carbocycles. The summed E-state index contributed by atoms with van der Waals surface area (Å²) in [4.78, 5) is 8.49. The SMILES string of the molecule is COCc1cncc(CON)c1. The van der Waals surface area contributed by atoms with Crippen LogP contribution in [0.1, 0.15) is 11.1 Å². The molecule has 0 amide bonds. The highest BCUT2D eigenvalue weighted by Gasteiger charge is 1.95. The Kier molecular flexibility index (Phi) is 3.66. The lowest BCUT2D eigenvalue weighted by molar-refractivity contribution is 0.123. The summed E-state index contributed by atoms with van der Waals surface area (Å²) in [6.07, 6.45) is 3.47. The van der Waals surface area contributed by atoms with Gasteiger partial charge in [0.25, 0.3) is 0 Å². The molecule has 0 saturated heterocycles. The largest absolute Gasteiger partial charge is 0.380 e. The van der Waals surface area contributed by atoms with Crippen LogP contribution < -0.4 is 5.90 Å². The van der Waals surface area contributed by atoms with Gasteiger partial charge >= 0.3 is 0 Å². The van der Waals surface area contributed by atoms with Gasteiger partial charge in [-0.15, -0.1) is 0 Å². The maximum atomic E-state index is 4.95. The second-order valence-corrected chi connectivity index (χ2v) is 2.45. The van der Waals surface area contributed by atoms with Gasteiger partial charge in [0.05, 0.1) is 13.2 Å². The topological polar surface area (TPSA) is 57.4 Å². The molecular formula is C8H12N2O2. The second kappa shape index (κ2) is 4.82. The standard InChI is InChI=1S/C8H12N2O2/c1-11-5-7-2-8(6-12-9)4-10-3-7/h2-4H,5-6,9H2,1H3. The minimum atomic E-state index is 0.380. The molecule has 0 saturated carbocycles. The lowest BCUT2D eigenvalue weighted by Gasteiger charge is -2.01. The van der Waals surface area contributed by atoms with Crippen LogP contribution >= 0.6 is 0 Å². The molecule has 12 heavy (non-hydrogen) atoms. The van der Waals surface area contributed by atoms with Crippen LogP contribution in [-0.2, 0) is 22.8 Å². The molecule has 0 unspecified atom stereocenters. The minimum absolute atomic E-state index is 0.380. The molecule has 1 rings (SSSR count). The molecule has 4 nitrogen and oxygen atoms in total. The summed E-state index contributed by atoms with van der Waals surface area (Å²) in [6, 6.07) is 1.95. The fourth-order valence-corrected chi connectivity index (χ4v) is 0.962. The first kappa shape index (κ1) is 9.12. The summed E-state index contributed by atoms with van der Waals surface area (Å²) < 4.78 is 4.95. The van der Waals surface area contributed by atoms with Crippen LogP contribution in [-0.4, -0.2) is 12.1 Å². The Morgan fingerprint density at radius 3 is 2.58 bits per heavy atom. The predicted molar refractivity (Wildman–Crippen MR) is 43.9 cm³/mol. The first-order chi connectivity index (χ1) is 5.86. The van der Waals surface area contributed by atoms with Crippen molar-refractivity contribution in [3.05, 3.63) is 29.6 Å². The van der Waals surface area contributed by atoms with Crippen molar-refractivity contribution in [2.45, 2.75) is 13.2 Å². The average Bonchev–Trinajstić information content (AvgIpc) is 2.06. The molecule has 1 aromatic heterocycles. The van der Waals surface area contributed by atoms with E-state index in [0.717, 1.165) is 11.1 Å². The predicted octanol–water partition coefficient (Wildman–Crippen LogP) is 0.618. The Labute approximate surface area is 71.3 Å². The highest BCUT2D eigenvalue weighted by Crippen LogP contribution is 2.04. The number of hydrogen-bond acceptors (Lipinski definition) is 4. The van der Waals surface area contributed by atoms with Crippen LogP contribution in [0.5, 0.6) is 0 Å². The zero-order valence-electron chi connectivity index (χ0n) is 6.99. The summed E-state index contributed by atoms with van der Waals surface area (Å²) >= 11 is 0. The zero-order chi connectivity index (χ0) is 8.81. The van der Waals surface area contributed by atoms with Gasteiger partial charge in [0.1, 0.15) is 0 Å². The number of nitrogens with zero attached hydrogens (tertiary/aromatic N) is 1. The molecule has 1 aromatic rings. The highest BCUT2D eigenvalue weighted by atomic mass is 16.6. The van der Waals surface area contributed by atoms with E-state index < -0.39 is 0 Å². The van der Waals surface area contributed by atoms with Crippen LogP contribution in [0.4, 0.5) is 0 Å². The van der Waals surface area contributed by atoms with Crippen molar-refractivity contribution in [1.29, 1.82) is 0 Å². The Morgan fingerprint density at radius 2 is 2.00 bits per heavy atom. The van der Waals surface area contributed by atoms with E-state index in [1.54, 1.807) is 19.5 Å². The number of rotatable bonds is 4. The van der Waals surface area contributed by atoms with Gasteiger partial charge in [-0.3, -0.25) is 9.82 Å². The van der Waals surface area contributed by atoms with E-state index >= 15 is 0 Å². The van der Waals surface area contributed by atoms with Crippen LogP contribution in [0.3, 0.4) is 0 Å². The third-order valence-electron chi connectivity index (χ3n) is 1.41. The number of hydrogen-bond donors (Lipinski definition) is 1. The summed E-state index contributed by atoms with van der Waals surface area (Å²) in [5, 5.41) is 0.